The van der Waals surface area contributed by atoms with Gasteiger partial charge in [0.15, 0.2) is 12.2 Å². The third kappa shape index (κ3) is 3.32. The fraction of sp³-hybridized carbons (Fsp3) is 0.385. The number of hydrogen-bond donors (Lipinski definition) is 1. The first-order chi connectivity index (χ1) is 9.76. The molecule has 0 saturated carbocycles. The van der Waals surface area contributed by atoms with Gasteiger partial charge in [0.1, 0.15) is 0 Å². The van der Waals surface area contributed by atoms with E-state index in [1.165, 1.54) is 4.68 Å². The predicted molar refractivity (Wildman–Crippen MR) is 67.0 cm³/mol. The lowest BCUT2D eigenvalue weighted by Crippen LogP contribution is -2.40. The molecule has 1 heterocycles. The maximum absolute atomic E-state index is 11.7. The van der Waals surface area contributed by atoms with Gasteiger partial charge in [0.2, 0.25) is 5.69 Å². The number of ether oxygens (including phenoxy) is 2. The molecule has 2 aromatic rings. The molecule has 1 N–H and O–H groups in total. The van der Waals surface area contributed by atoms with Crippen LogP contribution in [0.3, 0.4) is 0 Å². The second-order valence-corrected chi connectivity index (χ2v) is 4.09. The summed E-state index contributed by atoms with van der Waals surface area (Å²) in [7, 11) is 3.11. The van der Waals surface area contributed by atoms with Crippen LogP contribution in [0.4, 0.5) is 0 Å². The highest BCUT2D eigenvalue weighted by molar-refractivity contribution is 5.22. The number of benzene rings is 1. The zero-order valence-corrected chi connectivity index (χ0v) is 11.4. The Morgan fingerprint density at radius 2 is 2.00 bits per heavy atom. The van der Waals surface area contributed by atoms with Gasteiger partial charge in [-0.1, -0.05) is 18.2 Å². The zero-order chi connectivity index (χ0) is 14.4. The van der Waals surface area contributed by atoms with Crippen LogP contribution in [0.15, 0.2) is 34.9 Å². The molecule has 1 aromatic carbocycles. The number of para-hydroxylation sites is 1. The van der Waals surface area contributed by atoms with Crippen molar-refractivity contribution in [2.45, 2.75) is 12.8 Å². The summed E-state index contributed by atoms with van der Waals surface area (Å²) < 4.78 is 16.3. The summed E-state index contributed by atoms with van der Waals surface area (Å²) in [4.78, 5) is 0. The second-order valence-electron chi connectivity index (χ2n) is 4.09. The quantitative estimate of drug-likeness (QED) is 0.555. The van der Waals surface area contributed by atoms with E-state index < -0.39 is 5.95 Å². The predicted octanol–water partition coefficient (Wildman–Crippen LogP) is -0.267. The summed E-state index contributed by atoms with van der Waals surface area (Å²) in [6.07, 6.45) is -0.366. The monoisotopic (exact) mass is 279 g/mol. The van der Waals surface area contributed by atoms with Crippen molar-refractivity contribution in [1.29, 1.82) is 0 Å². The van der Waals surface area contributed by atoms with Crippen molar-refractivity contribution in [2.75, 3.05) is 20.8 Å². The van der Waals surface area contributed by atoms with Crippen LogP contribution in [0.25, 0.3) is 5.69 Å². The second kappa shape index (κ2) is 6.99. The van der Waals surface area contributed by atoms with Gasteiger partial charge >= 0.3 is 0 Å². The molecule has 1 aromatic heterocycles. The van der Waals surface area contributed by atoms with Crippen molar-refractivity contribution in [2.24, 2.45) is 0 Å². The third-order valence-electron chi connectivity index (χ3n) is 2.83. The van der Waals surface area contributed by atoms with Crippen LogP contribution >= 0.6 is 0 Å². The smallest absolute Gasteiger partial charge is 0.253 e. The molecule has 0 fully saturated rings. The number of hydrogen-bond acceptors (Lipinski definition) is 6. The highest BCUT2D eigenvalue weighted by Crippen LogP contribution is 2.09. The van der Waals surface area contributed by atoms with Gasteiger partial charge in [0.25, 0.3) is 5.69 Å². The summed E-state index contributed by atoms with van der Waals surface area (Å²) in [6, 6.07) is 9.31. The van der Waals surface area contributed by atoms with E-state index in [0.717, 1.165) is 5.69 Å². The summed E-state index contributed by atoms with van der Waals surface area (Å²) in [5.74, 6) is -0.465. The zero-order valence-electron chi connectivity index (χ0n) is 11.4. The Bertz CT molecular complexity index is 526. The maximum Gasteiger partial charge on any atom is 0.253 e. The van der Waals surface area contributed by atoms with E-state index in [-0.39, 0.29) is 6.29 Å². The molecule has 7 nitrogen and oxygen atoms in total. The van der Waals surface area contributed by atoms with E-state index in [1.807, 2.05) is 30.3 Å². The van der Waals surface area contributed by atoms with Gasteiger partial charge in [-0.3, -0.25) is 0 Å². The molecule has 7 heteroatoms. The van der Waals surface area contributed by atoms with E-state index in [9.17, 15) is 5.11 Å². The van der Waals surface area contributed by atoms with Gasteiger partial charge in [0, 0.05) is 32.9 Å². The number of aromatic nitrogens is 2. The number of nitrogens with zero attached hydrogens (tertiary/aromatic N) is 2. The Hall–Kier alpha value is -1.96. The molecular weight excluding hydrogens is 262 g/mol. The molecule has 0 spiro atoms. The first kappa shape index (κ1) is 14.4. The van der Waals surface area contributed by atoms with Crippen LogP contribution in [-0.4, -0.2) is 32.3 Å². The van der Waals surface area contributed by atoms with Crippen LogP contribution in [0.5, 0.6) is 5.95 Å². The number of methoxy groups -OCH3 is 2. The Balaban J connectivity index is 2.07. The molecule has 0 amide bonds. The van der Waals surface area contributed by atoms with Crippen molar-refractivity contribution < 1.29 is 23.8 Å². The minimum Gasteiger partial charge on any atom is -0.539 e. The van der Waals surface area contributed by atoms with Crippen LogP contribution in [0.1, 0.15) is 5.69 Å². The Morgan fingerprint density at radius 3 is 2.65 bits per heavy atom. The Kier molecular flexibility index (Phi) is 5.05. The van der Waals surface area contributed by atoms with Gasteiger partial charge in [-0.05, 0) is 4.68 Å². The van der Waals surface area contributed by atoms with E-state index in [1.54, 1.807) is 14.2 Å². The molecule has 108 valence electrons. The van der Waals surface area contributed by atoms with Crippen molar-refractivity contribution in [3.8, 4) is 11.6 Å². The van der Waals surface area contributed by atoms with E-state index in [0.29, 0.717) is 18.8 Å². The lowest BCUT2D eigenvalue weighted by molar-refractivity contribution is -0.677. The van der Waals surface area contributed by atoms with Crippen LogP contribution < -0.4 is 15.1 Å². The summed E-state index contributed by atoms with van der Waals surface area (Å²) >= 11 is 0. The summed E-state index contributed by atoms with van der Waals surface area (Å²) in [5, 5.41) is 18.5. The first-order valence-corrected chi connectivity index (χ1v) is 6.16. The van der Waals surface area contributed by atoms with Gasteiger partial charge in [-0.2, -0.15) is 0 Å². The van der Waals surface area contributed by atoms with E-state index in [4.69, 9.17) is 14.0 Å². The van der Waals surface area contributed by atoms with Crippen LogP contribution in [0, 0.1) is 0 Å². The molecule has 2 rings (SSSR count). The fourth-order valence-corrected chi connectivity index (χ4v) is 1.76. The molecular formula is C13H17N3O4. The highest BCUT2D eigenvalue weighted by atomic mass is 16.7. The maximum atomic E-state index is 11.7. The van der Waals surface area contributed by atoms with Gasteiger partial charge in [0.05, 0.1) is 11.8 Å². The van der Waals surface area contributed by atoms with Crippen LogP contribution in [-0.2, 0) is 16.0 Å². The Labute approximate surface area is 116 Å². The van der Waals surface area contributed by atoms with Gasteiger partial charge in [-0.15, -0.1) is 0 Å². The molecule has 0 unspecified atom stereocenters. The molecule has 0 aliphatic heterocycles. The first-order valence-electron chi connectivity index (χ1n) is 6.16. The minimum absolute atomic E-state index is 0.306. The summed E-state index contributed by atoms with van der Waals surface area (Å²) in [6.45, 7) is 0.757. The molecule has 0 saturated heterocycles. The van der Waals surface area contributed by atoms with E-state index in [2.05, 4.69) is 10.6 Å². The topological polar surface area (TPSA) is 83.5 Å². The molecule has 0 bridgehead atoms. The van der Waals surface area contributed by atoms with Crippen molar-refractivity contribution in [3.63, 3.8) is 0 Å². The van der Waals surface area contributed by atoms with Crippen molar-refractivity contribution in [1.82, 2.24) is 10.6 Å². The third-order valence-corrected chi connectivity index (χ3v) is 2.83. The minimum atomic E-state index is -0.465. The van der Waals surface area contributed by atoms with Crippen molar-refractivity contribution in [3.05, 3.63) is 36.0 Å². The van der Waals surface area contributed by atoms with Crippen molar-refractivity contribution >= 4 is 0 Å². The molecule has 20 heavy (non-hydrogen) atoms. The molecule has 0 radical (unpaired) electrons. The molecule has 0 aliphatic rings. The SMILES string of the molecule is COC(CNCc1c([O-])on[n+]1-c1ccccc1)OC. The van der Waals surface area contributed by atoms with E-state index >= 15 is 0 Å². The largest absolute Gasteiger partial charge is 0.539 e. The highest BCUT2D eigenvalue weighted by Gasteiger charge is 2.19. The molecule has 0 aliphatic carbocycles. The standard InChI is InChI=1S/C13H17N3O4/c1-18-12(19-2)9-14-8-11-13(17)20-15-16(11)10-6-4-3-5-7-10/h3-7,12,14H,8-9H2,1-2H3. The van der Waals surface area contributed by atoms with Crippen LogP contribution in [0.2, 0.25) is 0 Å². The normalized spacial score (nSPS) is 11.2. The number of nitrogens with one attached hydrogen (secondary N) is 1. The average molecular weight is 279 g/mol. The fourth-order valence-electron chi connectivity index (χ4n) is 1.76. The summed E-state index contributed by atoms with van der Waals surface area (Å²) in [5.41, 5.74) is 1.19. The van der Waals surface area contributed by atoms with Gasteiger partial charge < -0.3 is 24.4 Å². The molecule has 0 atom stereocenters. The van der Waals surface area contributed by atoms with Gasteiger partial charge in [-0.25, -0.2) is 0 Å². The lowest BCUT2D eigenvalue weighted by Gasteiger charge is -2.13. The lowest BCUT2D eigenvalue weighted by atomic mass is 10.3. The average Bonchev–Trinajstić information content (AvgIpc) is 2.86. The number of rotatable bonds is 7. The Morgan fingerprint density at radius 1 is 1.30 bits per heavy atom.